The molecule has 0 saturated carbocycles. The molecule has 0 spiro atoms. The molecule has 2 heterocycles. The molecular weight excluding hydrogens is 1190 g/mol. The number of allylic oxidation sites excluding steroid dienone is 27. The quantitative estimate of drug-likeness (QED) is 0.0204. The average Bonchev–Trinajstić information content (AvgIpc) is 0.801. The third-order valence-corrected chi connectivity index (χ3v) is 16.6. The number of amides is 1. The van der Waals surface area contributed by atoms with Gasteiger partial charge in [-0.25, -0.2) is 0 Å². The summed E-state index contributed by atoms with van der Waals surface area (Å²) in [4.78, 5) is 13.3. The van der Waals surface area contributed by atoms with Crippen LogP contribution in [0.3, 0.4) is 0 Å². The predicted octanol–water partition coefficient (Wildman–Crippen LogP) is 16.0. The Bertz CT molecular complexity index is 2250. The highest BCUT2D eigenvalue weighted by molar-refractivity contribution is 5.76. The van der Waals surface area contributed by atoms with Gasteiger partial charge in [0.15, 0.2) is 12.6 Å². The summed E-state index contributed by atoms with van der Waals surface area (Å²) in [7, 11) is 0. The first-order valence-electron chi connectivity index (χ1n) is 36.9. The van der Waals surface area contributed by atoms with Crippen molar-refractivity contribution in [3.63, 3.8) is 0 Å². The van der Waals surface area contributed by atoms with Gasteiger partial charge in [0.25, 0.3) is 0 Å². The van der Waals surface area contributed by atoms with Crippen molar-refractivity contribution in [2.45, 2.75) is 312 Å². The molecule has 9 N–H and O–H groups in total. The number of hydrogen-bond donors (Lipinski definition) is 9. The molecule has 2 aliphatic heterocycles. The zero-order valence-electron chi connectivity index (χ0n) is 58.6. The first-order valence-corrected chi connectivity index (χ1v) is 36.9. The zero-order valence-corrected chi connectivity index (χ0v) is 58.6. The number of aliphatic hydroxyl groups is 8. The van der Waals surface area contributed by atoms with E-state index in [0.717, 1.165) is 103 Å². The monoisotopic (exact) mass is 1330 g/mol. The highest BCUT2D eigenvalue weighted by Gasteiger charge is 2.51. The van der Waals surface area contributed by atoms with E-state index in [1.807, 2.05) is 6.08 Å². The Morgan fingerprint density at radius 3 is 1.16 bits per heavy atom. The third kappa shape index (κ3) is 46.3. The minimum atomic E-state index is -1.81. The van der Waals surface area contributed by atoms with Crippen LogP contribution in [0, 0.1) is 0 Å². The van der Waals surface area contributed by atoms with E-state index in [4.69, 9.17) is 18.9 Å². The predicted molar refractivity (Wildman–Crippen MR) is 391 cm³/mol. The number of carbonyl (C=O) groups excluding carboxylic acids is 1. The van der Waals surface area contributed by atoms with Crippen molar-refractivity contribution in [1.82, 2.24) is 5.32 Å². The summed E-state index contributed by atoms with van der Waals surface area (Å²) in [5, 5.41) is 87.4. The van der Waals surface area contributed by atoms with Gasteiger partial charge in [0, 0.05) is 6.42 Å². The number of rotatable bonds is 58. The molecular formula is C81H131NO13. The molecule has 1 amide bonds. The first-order chi connectivity index (χ1) is 46.6. The van der Waals surface area contributed by atoms with Gasteiger partial charge in [0.2, 0.25) is 5.91 Å². The topological polar surface area (TPSA) is 228 Å². The van der Waals surface area contributed by atoms with E-state index < -0.39 is 86.8 Å². The lowest BCUT2D eigenvalue weighted by molar-refractivity contribution is -0.359. The Morgan fingerprint density at radius 2 is 0.737 bits per heavy atom. The minimum absolute atomic E-state index is 0.207. The standard InChI is InChI=1S/C81H131NO13/c1-3-5-7-9-11-13-15-17-19-21-23-25-27-28-29-30-31-32-33-34-35-36-37-38-39-40-41-42-43-45-47-49-51-53-55-57-59-61-63-65-73(86)82-69(68-92-80-78(91)76(89)79(72(67-84)94-80)95-81-77(90)75(88)74(87)71(66-83)93-81)70(85)64-62-60-58-56-54-52-50-48-46-44-26-24-22-20-18-16-14-12-10-8-6-4-2/h5,7,11,13,17,19,23,25,28-29,31-32,34-35,37-38,40-41,43,45,49,51,54-57,62,64,69-72,74-81,83-85,87-91H,3-4,6,8-10,12,14-16,18,20-22,24,26-27,30,33,36,39,42,44,46-48,50,52-53,58-61,63,65-68H2,1-2H3,(H,82,86)/b7-5-,13-11-,19-17-,25-23-,29-28-,32-31-,35-34-,38-37-,41-40-,45-43-,51-49-,56-54+,57-55-,64-62+. The third-order valence-electron chi connectivity index (χ3n) is 16.6. The van der Waals surface area contributed by atoms with E-state index in [2.05, 4.69) is 177 Å². The Hall–Kier alpha value is -4.65. The summed E-state index contributed by atoms with van der Waals surface area (Å²) < 4.78 is 22.8. The zero-order chi connectivity index (χ0) is 68.7. The van der Waals surface area contributed by atoms with Gasteiger partial charge in [-0.3, -0.25) is 4.79 Å². The average molecular weight is 1330 g/mol. The lowest BCUT2D eigenvalue weighted by Crippen LogP contribution is -2.65. The molecule has 0 aromatic carbocycles. The smallest absolute Gasteiger partial charge is 0.220 e. The summed E-state index contributed by atoms with van der Waals surface area (Å²) >= 11 is 0. The fourth-order valence-electron chi connectivity index (χ4n) is 10.8. The Morgan fingerprint density at radius 1 is 0.389 bits per heavy atom. The molecule has 12 atom stereocenters. The molecule has 95 heavy (non-hydrogen) atoms. The molecule has 0 radical (unpaired) electrons. The van der Waals surface area contributed by atoms with Crippen LogP contribution in [-0.2, 0) is 23.7 Å². The van der Waals surface area contributed by atoms with Crippen molar-refractivity contribution in [3.8, 4) is 0 Å². The number of carbonyl (C=O) groups is 1. The van der Waals surface area contributed by atoms with Crippen LogP contribution in [0.2, 0.25) is 0 Å². The van der Waals surface area contributed by atoms with E-state index in [1.54, 1.807) is 6.08 Å². The van der Waals surface area contributed by atoms with E-state index >= 15 is 0 Å². The summed E-state index contributed by atoms with van der Waals surface area (Å²) in [6.07, 6.45) is 81.3. The van der Waals surface area contributed by atoms with Gasteiger partial charge in [-0.05, 0) is 122 Å². The van der Waals surface area contributed by atoms with Crippen molar-refractivity contribution in [1.29, 1.82) is 0 Å². The summed E-state index contributed by atoms with van der Waals surface area (Å²) in [5.74, 6) is -0.297. The van der Waals surface area contributed by atoms with Crippen molar-refractivity contribution >= 4 is 5.91 Å². The fraction of sp³-hybridized carbons (Fsp3) is 0.642. The van der Waals surface area contributed by atoms with Crippen molar-refractivity contribution in [3.05, 3.63) is 170 Å². The van der Waals surface area contributed by atoms with E-state index in [0.29, 0.717) is 12.8 Å². The molecule has 14 nitrogen and oxygen atoms in total. The van der Waals surface area contributed by atoms with E-state index in [-0.39, 0.29) is 18.9 Å². The molecule has 0 aromatic rings. The molecule has 538 valence electrons. The van der Waals surface area contributed by atoms with Gasteiger partial charge in [-0.1, -0.05) is 280 Å². The molecule has 2 aliphatic rings. The number of nitrogens with one attached hydrogen (secondary N) is 1. The molecule has 14 heteroatoms. The SMILES string of the molecule is CC/C=C\C/C=C\C/C=C\C/C=C\C/C=C\C/C=C\C/C=C\C/C=C\C/C=C\C/C=C\C/C=C\C/C=C\CCCCC(=O)NC(COC1OC(CO)C(OC2OC(CO)C(O)C(O)C2O)C(O)C1O)C(O)/C=C/CC/C=C/CCCCCCCCCCCCCCCCCC. The van der Waals surface area contributed by atoms with Crippen molar-refractivity contribution < 1.29 is 64.6 Å². The number of aliphatic hydroxyl groups excluding tert-OH is 8. The molecule has 2 fully saturated rings. The van der Waals surface area contributed by atoms with Gasteiger partial charge < -0.3 is 65.1 Å². The largest absolute Gasteiger partial charge is 0.394 e. The van der Waals surface area contributed by atoms with Gasteiger partial charge in [-0.15, -0.1) is 0 Å². The molecule has 2 saturated heterocycles. The van der Waals surface area contributed by atoms with Gasteiger partial charge in [0.1, 0.15) is 48.8 Å². The fourth-order valence-corrected chi connectivity index (χ4v) is 10.8. The van der Waals surface area contributed by atoms with Crippen LogP contribution in [0.4, 0.5) is 0 Å². The molecule has 12 unspecified atom stereocenters. The maximum absolute atomic E-state index is 13.3. The van der Waals surface area contributed by atoms with Crippen LogP contribution >= 0.6 is 0 Å². The summed E-state index contributed by atoms with van der Waals surface area (Å²) in [5.41, 5.74) is 0. The molecule has 0 aromatic heterocycles. The second-order valence-electron chi connectivity index (χ2n) is 25.0. The number of hydrogen-bond acceptors (Lipinski definition) is 13. The normalized spacial score (nSPS) is 23.4. The second-order valence-corrected chi connectivity index (χ2v) is 25.0. The van der Waals surface area contributed by atoms with E-state index in [1.165, 1.54) is 103 Å². The maximum Gasteiger partial charge on any atom is 0.220 e. The second kappa shape index (κ2) is 62.8. The maximum atomic E-state index is 13.3. The number of unbranched alkanes of at least 4 members (excludes halogenated alkanes) is 19. The number of ether oxygens (including phenoxy) is 4. The van der Waals surface area contributed by atoms with Crippen LogP contribution < -0.4 is 5.32 Å². The lowest BCUT2D eigenvalue weighted by atomic mass is 9.97. The summed E-state index contributed by atoms with van der Waals surface area (Å²) in [6, 6.07) is -0.970. The van der Waals surface area contributed by atoms with E-state index in [9.17, 15) is 45.6 Å². The van der Waals surface area contributed by atoms with Gasteiger partial charge >= 0.3 is 0 Å². The van der Waals surface area contributed by atoms with Crippen molar-refractivity contribution in [2.24, 2.45) is 0 Å². The van der Waals surface area contributed by atoms with Crippen LogP contribution in [0.5, 0.6) is 0 Å². The highest BCUT2D eigenvalue weighted by Crippen LogP contribution is 2.30. The van der Waals surface area contributed by atoms with Crippen LogP contribution in [0.1, 0.15) is 239 Å². The Kier molecular flexibility index (Phi) is 57.2. The lowest BCUT2D eigenvalue weighted by Gasteiger charge is -2.46. The highest BCUT2D eigenvalue weighted by atomic mass is 16.7. The molecule has 0 aliphatic carbocycles. The Balaban J connectivity index is 1.70. The van der Waals surface area contributed by atoms with Crippen molar-refractivity contribution in [2.75, 3.05) is 19.8 Å². The van der Waals surface area contributed by atoms with Crippen LogP contribution in [0.25, 0.3) is 0 Å². The van der Waals surface area contributed by atoms with Crippen LogP contribution in [0.15, 0.2) is 170 Å². The Labute approximate surface area is 575 Å². The molecule has 0 bridgehead atoms. The first kappa shape index (κ1) is 86.4. The minimum Gasteiger partial charge on any atom is -0.394 e. The van der Waals surface area contributed by atoms with Crippen LogP contribution in [-0.4, -0.2) is 140 Å². The van der Waals surface area contributed by atoms with Gasteiger partial charge in [0.05, 0.1) is 32.0 Å². The van der Waals surface area contributed by atoms with Gasteiger partial charge in [-0.2, -0.15) is 0 Å². The molecule has 2 rings (SSSR count). The summed E-state index contributed by atoms with van der Waals surface area (Å²) in [6.45, 7) is 2.64.